The van der Waals surface area contributed by atoms with Gasteiger partial charge in [-0.2, -0.15) is 0 Å². The number of ether oxygens (including phenoxy) is 6. The van der Waals surface area contributed by atoms with Crippen molar-refractivity contribution in [1.82, 2.24) is 0 Å². The lowest BCUT2D eigenvalue weighted by molar-refractivity contribution is -0.00737. The Labute approximate surface area is 271 Å². The molecule has 2 aromatic rings. The van der Waals surface area contributed by atoms with Crippen LogP contribution in [-0.4, -0.2) is 106 Å². The van der Waals surface area contributed by atoms with Crippen LogP contribution >= 0.6 is 0 Å². The Bertz CT molecular complexity index is 1140. The number of anilines is 1. The van der Waals surface area contributed by atoms with E-state index in [-0.39, 0.29) is 5.04 Å². The summed E-state index contributed by atoms with van der Waals surface area (Å²) in [6.45, 7) is 19.4. The van der Waals surface area contributed by atoms with Gasteiger partial charge in [0.15, 0.2) is 13.9 Å². The zero-order valence-corrected chi connectivity index (χ0v) is 28.8. The summed E-state index contributed by atoms with van der Waals surface area (Å²) < 4.78 is 39.6. The number of hydrogen-bond donors (Lipinski definition) is 1. The van der Waals surface area contributed by atoms with Gasteiger partial charge in [-0.15, -0.1) is 6.42 Å². The van der Waals surface area contributed by atoms with Gasteiger partial charge in [0.1, 0.15) is 12.4 Å². The molecule has 1 saturated heterocycles. The van der Waals surface area contributed by atoms with Crippen LogP contribution in [0, 0.1) is 12.3 Å². The maximum Gasteiger partial charge on any atom is 0.192 e. The topological polar surface area (TPSA) is 88.1 Å². The fourth-order valence-corrected chi connectivity index (χ4v) is 5.44. The molecule has 0 radical (unpaired) electrons. The first-order valence-corrected chi connectivity index (χ1v) is 18.8. The van der Waals surface area contributed by atoms with E-state index >= 15 is 0 Å². The molecule has 0 amide bonds. The number of aliphatic hydroxyl groups is 1. The van der Waals surface area contributed by atoms with Crippen LogP contribution in [-0.2, 0) is 33.7 Å². The third-order valence-electron chi connectivity index (χ3n) is 8.25. The van der Waals surface area contributed by atoms with Crippen LogP contribution in [0.15, 0.2) is 48.5 Å². The molecule has 2 aromatic carbocycles. The summed E-state index contributed by atoms with van der Waals surface area (Å²) in [7, 11) is -1.71. The van der Waals surface area contributed by atoms with Gasteiger partial charge in [0.25, 0.3) is 0 Å². The highest BCUT2D eigenvalue weighted by Gasteiger charge is 2.36. The van der Waals surface area contributed by atoms with Crippen molar-refractivity contribution < 1.29 is 38.0 Å². The second kappa shape index (κ2) is 18.6. The van der Waals surface area contributed by atoms with Gasteiger partial charge in [-0.05, 0) is 42.4 Å². The fraction of sp³-hybridized carbons (Fsp3) is 0.600. The maximum atomic E-state index is 11.4. The van der Waals surface area contributed by atoms with E-state index < -0.39 is 13.9 Å². The second-order valence-corrected chi connectivity index (χ2v) is 17.2. The van der Waals surface area contributed by atoms with Gasteiger partial charge >= 0.3 is 0 Å². The first-order chi connectivity index (χ1) is 21.6. The van der Waals surface area contributed by atoms with Gasteiger partial charge in [-0.3, -0.25) is 0 Å². The molecule has 1 fully saturated rings. The molecular weight excluding hydrogens is 590 g/mol. The van der Waals surface area contributed by atoms with Crippen molar-refractivity contribution in [2.75, 3.05) is 97.3 Å². The van der Waals surface area contributed by atoms with Crippen LogP contribution in [0.1, 0.15) is 31.9 Å². The first-order valence-electron chi connectivity index (χ1n) is 15.9. The van der Waals surface area contributed by atoms with E-state index in [0.29, 0.717) is 96.2 Å². The first kappa shape index (κ1) is 37.0. The molecule has 45 heavy (non-hydrogen) atoms. The average molecular weight is 644 g/mol. The Balaban J connectivity index is 1.21. The van der Waals surface area contributed by atoms with Crippen LogP contribution in [0.4, 0.5) is 5.69 Å². The molecule has 0 aliphatic carbocycles. The summed E-state index contributed by atoms with van der Waals surface area (Å²) in [6, 6.07) is 14.9. The summed E-state index contributed by atoms with van der Waals surface area (Å²) in [5, 5.41) is 11.6. The summed E-state index contributed by atoms with van der Waals surface area (Å²) >= 11 is 0. The molecule has 250 valence electrons. The Kier molecular flexibility index (Phi) is 15.3. The normalized spacial score (nSPS) is 15.4. The van der Waals surface area contributed by atoms with Crippen molar-refractivity contribution in [3.8, 4) is 18.1 Å². The van der Waals surface area contributed by atoms with Gasteiger partial charge in [-0.25, -0.2) is 0 Å². The van der Waals surface area contributed by atoms with Crippen LogP contribution < -0.4 is 9.64 Å². The quantitative estimate of drug-likeness (QED) is 0.124. The third-order valence-corrected chi connectivity index (χ3v) is 12.8. The van der Waals surface area contributed by atoms with Gasteiger partial charge < -0.3 is 42.9 Å². The standard InChI is InChI=1S/C35H53NO8Si/c1-7-35(37,30-8-12-32(13-9-30)36-16-18-38-19-17-36)31-10-14-33(15-11-31)43-28-26-41-24-22-39-20-21-40-23-25-42-27-29-44-45(5,6)34(2,3)4/h1,8-15,37H,16-29H2,2-6H3. The number of morpholine rings is 1. The lowest BCUT2D eigenvalue weighted by atomic mass is 9.87. The summed E-state index contributed by atoms with van der Waals surface area (Å²) in [4.78, 5) is 2.26. The van der Waals surface area contributed by atoms with Crippen molar-refractivity contribution in [3.63, 3.8) is 0 Å². The molecule has 9 nitrogen and oxygen atoms in total. The Morgan fingerprint density at radius 3 is 1.64 bits per heavy atom. The minimum atomic E-state index is -1.71. The predicted octanol–water partition coefficient (Wildman–Crippen LogP) is 4.86. The van der Waals surface area contributed by atoms with E-state index in [2.05, 4.69) is 44.7 Å². The molecule has 3 rings (SSSR count). The second-order valence-electron chi connectivity index (χ2n) is 12.4. The van der Waals surface area contributed by atoms with Crippen molar-refractivity contribution in [3.05, 3.63) is 59.7 Å². The number of nitrogens with zero attached hydrogens (tertiary/aromatic N) is 1. The van der Waals surface area contributed by atoms with Crippen molar-refractivity contribution in [1.29, 1.82) is 0 Å². The lowest BCUT2D eigenvalue weighted by Crippen LogP contribution is -2.41. The SMILES string of the molecule is C#CC(O)(c1ccc(OCCOCCOCCOCCOCCO[Si](C)(C)C(C)(C)C)cc1)c1ccc(N2CCOCC2)cc1. The molecule has 1 heterocycles. The van der Waals surface area contributed by atoms with Crippen LogP contribution in [0.25, 0.3) is 0 Å². The molecule has 1 unspecified atom stereocenters. The number of benzene rings is 2. The zero-order chi connectivity index (χ0) is 32.6. The minimum absolute atomic E-state index is 0.209. The summed E-state index contributed by atoms with van der Waals surface area (Å²) in [6.07, 6.45) is 5.81. The van der Waals surface area contributed by atoms with Crippen molar-refractivity contribution in [2.24, 2.45) is 0 Å². The molecule has 1 N–H and O–H groups in total. The highest BCUT2D eigenvalue weighted by molar-refractivity contribution is 6.74. The van der Waals surface area contributed by atoms with E-state index in [1.807, 2.05) is 24.3 Å². The largest absolute Gasteiger partial charge is 0.491 e. The molecule has 1 aliphatic rings. The van der Waals surface area contributed by atoms with Crippen LogP contribution in [0.5, 0.6) is 5.75 Å². The third kappa shape index (κ3) is 12.0. The maximum absolute atomic E-state index is 11.4. The van der Waals surface area contributed by atoms with E-state index in [1.165, 1.54) is 0 Å². The molecule has 0 bridgehead atoms. The molecule has 10 heteroatoms. The van der Waals surface area contributed by atoms with Gasteiger partial charge in [-0.1, -0.05) is 51.0 Å². The van der Waals surface area contributed by atoms with Gasteiger partial charge in [0, 0.05) is 29.9 Å². The Hall–Kier alpha value is -2.46. The van der Waals surface area contributed by atoms with E-state index in [1.54, 1.807) is 24.3 Å². The monoisotopic (exact) mass is 643 g/mol. The molecule has 0 saturated carbocycles. The predicted molar refractivity (Wildman–Crippen MR) is 180 cm³/mol. The molecular formula is C35H53NO8Si. The van der Waals surface area contributed by atoms with Crippen molar-refractivity contribution in [2.45, 2.75) is 44.5 Å². The summed E-state index contributed by atoms with van der Waals surface area (Å²) in [5.41, 5.74) is 0.798. The van der Waals surface area contributed by atoms with Crippen molar-refractivity contribution >= 4 is 14.0 Å². The number of rotatable bonds is 20. The van der Waals surface area contributed by atoms with E-state index in [9.17, 15) is 5.11 Å². The molecule has 1 aliphatic heterocycles. The van der Waals surface area contributed by atoms with E-state index in [4.69, 9.17) is 39.3 Å². The highest BCUT2D eigenvalue weighted by Crippen LogP contribution is 2.36. The van der Waals surface area contributed by atoms with E-state index in [0.717, 1.165) is 18.8 Å². The Morgan fingerprint density at radius 2 is 1.18 bits per heavy atom. The van der Waals surface area contributed by atoms with Crippen LogP contribution in [0.3, 0.4) is 0 Å². The number of hydrogen-bond acceptors (Lipinski definition) is 9. The number of terminal acetylenes is 1. The zero-order valence-electron chi connectivity index (χ0n) is 27.8. The summed E-state index contributed by atoms with van der Waals surface area (Å²) in [5.74, 6) is 3.24. The van der Waals surface area contributed by atoms with Gasteiger partial charge in [0.05, 0.1) is 72.7 Å². The fourth-order valence-electron chi connectivity index (χ4n) is 4.41. The highest BCUT2D eigenvalue weighted by atomic mass is 28.4. The smallest absolute Gasteiger partial charge is 0.192 e. The average Bonchev–Trinajstić information content (AvgIpc) is 3.04. The Morgan fingerprint density at radius 1 is 0.733 bits per heavy atom. The molecule has 0 spiro atoms. The van der Waals surface area contributed by atoms with Crippen LogP contribution in [0.2, 0.25) is 18.1 Å². The molecule has 0 aromatic heterocycles. The minimum Gasteiger partial charge on any atom is -0.491 e. The molecule has 1 atom stereocenters. The van der Waals surface area contributed by atoms with Gasteiger partial charge in [0.2, 0.25) is 0 Å². The lowest BCUT2D eigenvalue weighted by Gasteiger charge is -2.36.